The second-order valence-corrected chi connectivity index (χ2v) is 17.5. The van der Waals surface area contributed by atoms with Gasteiger partial charge in [-0.05, 0) is 59.7 Å². The number of nitrogens with two attached hydrogens (primary N) is 2. The number of fused-ring (bicyclic) bond motifs is 2. The maximum Gasteiger partial charge on any atom is 0.296 e. The normalized spacial score (nSPS) is 12.5. The molecular formula is C32H24Cu2N6O16S4. The third kappa shape index (κ3) is 8.99. The van der Waals surface area contributed by atoms with Crippen LogP contribution in [0.4, 0.5) is 34.1 Å². The quantitative estimate of drug-likeness (QED) is 0.0372. The average molecular weight is 1000 g/mol. The molecule has 0 saturated heterocycles. The summed E-state index contributed by atoms with van der Waals surface area (Å²) < 4.78 is 134. The maximum absolute atomic E-state index is 12.1. The summed E-state index contributed by atoms with van der Waals surface area (Å²) in [5.41, 5.74) is 9.95. The van der Waals surface area contributed by atoms with Crippen LogP contribution in [-0.2, 0) is 74.6 Å². The molecule has 6 aromatic carbocycles. The number of phenolic OH excluding ortho intramolecular Hbond substituents is 4. The number of azo groups is 2. The van der Waals surface area contributed by atoms with Gasteiger partial charge in [-0.25, -0.2) is 0 Å². The summed E-state index contributed by atoms with van der Waals surface area (Å²) in [7, 11) is -20.7. The molecule has 0 aliphatic rings. The van der Waals surface area contributed by atoms with Crippen molar-refractivity contribution in [2.45, 2.75) is 19.6 Å². The van der Waals surface area contributed by atoms with E-state index in [1.807, 2.05) is 0 Å². The fraction of sp³-hybridized carbons (Fsp3) is 0. The summed E-state index contributed by atoms with van der Waals surface area (Å²) in [6, 6.07) is 12.8. The molecule has 6 rings (SSSR count). The molecule has 12 N–H and O–H groups in total. The SMILES string of the molecule is Nc1cc(S(=O)(=O)O)c(S(=O)(=O)O)c2ccc(N=Nc3ccc(-c4ccc(N=Nc5ccc6c(S(=O)(=O)O)cc(S(=O)(=O)O)c(N)c6c5O)c(O)c4)cc3O)c(O)c12.[Cu].[Cu]. The first-order valence-electron chi connectivity index (χ1n) is 15.3. The second kappa shape index (κ2) is 16.5. The van der Waals surface area contributed by atoms with Crippen molar-refractivity contribution in [1.82, 2.24) is 0 Å². The van der Waals surface area contributed by atoms with Crippen molar-refractivity contribution in [3.8, 4) is 34.1 Å². The van der Waals surface area contributed by atoms with E-state index >= 15 is 0 Å². The van der Waals surface area contributed by atoms with Crippen molar-refractivity contribution in [3.05, 3.63) is 72.8 Å². The number of hydrogen-bond acceptors (Lipinski definition) is 18. The molecule has 28 heteroatoms. The third-order valence-electron chi connectivity index (χ3n) is 8.33. The Morgan fingerprint density at radius 2 is 0.833 bits per heavy atom. The molecule has 6 aromatic rings. The van der Waals surface area contributed by atoms with E-state index in [0.29, 0.717) is 23.3 Å². The van der Waals surface area contributed by atoms with Gasteiger partial charge in [0.1, 0.15) is 53.8 Å². The number of hydrogen-bond donors (Lipinski definition) is 10. The van der Waals surface area contributed by atoms with Crippen LogP contribution in [0.25, 0.3) is 32.7 Å². The first-order valence-corrected chi connectivity index (χ1v) is 21.1. The van der Waals surface area contributed by atoms with E-state index in [2.05, 4.69) is 20.5 Å². The smallest absolute Gasteiger partial charge is 0.296 e. The van der Waals surface area contributed by atoms with Crippen LogP contribution in [0.1, 0.15) is 0 Å². The van der Waals surface area contributed by atoms with Crippen molar-refractivity contribution in [3.63, 3.8) is 0 Å². The van der Waals surface area contributed by atoms with Gasteiger partial charge in [-0.2, -0.15) is 33.7 Å². The molecule has 0 heterocycles. The molecule has 324 valence electrons. The first-order chi connectivity index (χ1) is 26.8. The van der Waals surface area contributed by atoms with E-state index in [9.17, 15) is 72.3 Å². The summed E-state index contributed by atoms with van der Waals surface area (Å²) in [5, 5.41) is 56.4. The van der Waals surface area contributed by atoms with Gasteiger partial charge in [0.15, 0.2) is 11.5 Å². The Morgan fingerprint density at radius 3 is 1.25 bits per heavy atom. The Balaban J connectivity index is 0.00000397. The number of benzene rings is 6. The summed E-state index contributed by atoms with van der Waals surface area (Å²) in [4.78, 5) is -4.60. The zero-order valence-corrected chi connectivity index (χ0v) is 34.1. The molecule has 2 radical (unpaired) electrons. The molecule has 0 amide bonds. The zero-order valence-electron chi connectivity index (χ0n) is 29.0. The van der Waals surface area contributed by atoms with Gasteiger partial charge in [-0.3, -0.25) is 18.2 Å². The number of aromatic hydroxyl groups is 4. The molecule has 22 nitrogen and oxygen atoms in total. The Kier molecular flexibility index (Phi) is 13.0. The molecule has 0 aliphatic heterocycles. The van der Waals surface area contributed by atoms with Crippen LogP contribution < -0.4 is 11.5 Å². The standard InChI is InChI=1S/C32H24N6O16S4.2Cu/c33-17-11-26(57(49,50)51)32(58(52,53)54)16-4-8-20(30(41)27(16)17)37-35-18-5-1-13(9-22(18)39)14-2-6-19(23(40)10-14)36-38-21-7-3-15-24(55(43,44)45)12-25(56(46,47)48)29(34)28(15)31(21)42;;/h1-12,39-42H,33-34H2,(H,43,44,45)(H,46,47,48)(H,49,50,51)(H,52,53,54);;. The Bertz CT molecular complexity index is 3320. The van der Waals surface area contributed by atoms with Crippen molar-refractivity contribution in [2.75, 3.05) is 11.5 Å². The molecule has 60 heavy (non-hydrogen) atoms. The molecule has 0 aromatic heterocycles. The Morgan fingerprint density at radius 1 is 0.433 bits per heavy atom. The van der Waals surface area contributed by atoms with Crippen LogP contribution >= 0.6 is 0 Å². The van der Waals surface area contributed by atoms with Gasteiger partial charge in [0.25, 0.3) is 40.5 Å². The molecule has 0 bridgehead atoms. The van der Waals surface area contributed by atoms with Crippen LogP contribution in [0.3, 0.4) is 0 Å². The van der Waals surface area contributed by atoms with Gasteiger partial charge in [0.2, 0.25) is 0 Å². The number of nitrogens with zero attached hydrogens (tertiary/aromatic N) is 4. The summed E-state index contributed by atoms with van der Waals surface area (Å²) in [6.07, 6.45) is 0. The van der Waals surface area contributed by atoms with Crippen molar-refractivity contribution in [2.24, 2.45) is 20.5 Å². The van der Waals surface area contributed by atoms with E-state index in [1.54, 1.807) is 0 Å². The van der Waals surface area contributed by atoms with Crippen molar-refractivity contribution >= 4 is 96.1 Å². The molecule has 0 atom stereocenters. The minimum atomic E-state index is -5.29. The minimum Gasteiger partial charge on any atom is -0.506 e. The van der Waals surface area contributed by atoms with E-state index in [0.717, 1.165) is 24.3 Å². The van der Waals surface area contributed by atoms with E-state index < -0.39 is 122 Å². The number of nitrogen functional groups attached to an aromatic ring is 2. The van der Waals surface area contributed by atoms with Crippen LogP contribution in [0, 0.1) is 0 Å². The van der Waals surface area contributed by atoms with E-state index in [4.69, 9.17) is 11.5 Å². The van der Waals surface area contributed by atoms with Crippen molar-refractivity contribution in [1.29, 1.82) is 0 Å². The summed E-state index contributed by atoms with van der Waals surface area (Å²) >= 11 is 0. The molecular weight excluding hydrogens is 980 g/mol. The number of anilines is 2. The fourth-order valence-electron chi connectivity index (χ4n) is 5.77. The Labute approximate surface area is 358 Å². The van der Waals surface area contributed by atoms with Crippen LogP contribution in [-0.4, -0.2) is 72.3 Å². The third-order valence-corrected chi connectivity index (χ3v) is 12.1. The molecule has 0 fully saturated rings. The summed E-state index contributed by atoms with van der Waals surface area (Å²) in [6.45, 7) is 0. The van der Waals surface area contributed by atoms with Gasteiger partial charge >= 0.3 is 0 Å². The second-order valence-electron chi connectivity index (χ2n) is 12.0. The van der Waals surface area contributed by atoms with Gasteiger partial charge in [-0.1, -0.05) is 24.3 Å². The summed E-state index contributed by atoms with van der Waals surface area (Å²) in [5.74, 6) is -2.62. The fourth-order valence-corrected chi connectivity index (χ4v) is 9.22. The molecule has 0 spiro atoms. The van der Waals surface area contributed by atoms with Gasteiger partial charge in [0, 0.05) is 50.6 Å². The minimum absolute atomic E-state index is 0. The van der Waals surface area contributed by atoms with Crippen molar-refractivity contribution < 1.29 is 106 Å². The van der Waals surface area contributed by atoms with Gasteiger partial charge in [-0.15, -0.1) is 20.5 Å². The number of phenols is 4. The van der Waals surface area contributed by atoms with Gasteiger partial charge in [0.05, 0.1) is 16.5 Å². The van der Waals surface area contributed by atoms with Crippen LogP contribution in [0.15, 0.2) is 113 Å². The predicted molar refractivity (Wildman–Crippen MR) is 203 cm³/mol. The first kappa shape index (κ1) is 47.2. The predicted octanol–water partition coefficient (Wildman–Crippen LogP) is 5.46. The maximum atomic E-state index is 12.1. The van der Waals surface area contributed by atoms with Crippen LogP contribution in [0.2, 0.25) is 0 Å². The average Bonchev–Trinajstić information content (AvgIpc) is 3.09. The van der Waals surface area contributed by atoms with E-state index in [1.165, 1.54) is 36.4 Å². The van der Waals surface area contributed by atoms with Crippen LogP contribution in [0.5, 0.6) is 23.0 Å². The monoisotopic (exact) mass is 1000 g/mol. The zero-order chi connectivity index (χ0) is 42.9. The molecule has 0 aliphatic carbocycles. The molecule has 0 saturated carbocycles. The van der Waals surface area contributed by atoms with E-state index in [-0.39, 0.29) is 51.2 Å². The Hall–Kier alpha value is -5.48. The van der Waals surface area contributed by atoms with Gasteiger partial charge < -0.3 is 31.9 Å². The molecule has 0 unspecified atom stereocenters. The largest absolute Gasteiger partial charge is 0.506 e. The topological polar surface area (TPSA) is 400 Å². The number of rotatable bonds is 9.